The Labute approximate surface area is 245 Å². The number of hydrogen-bond donors (Lipinski definition) is 4. The van der Waals surface area contributed by atoms with Crippen molar-refractivity contribution in [2.45, 2.75) is 13.0 Å². The Bertz CT molecular complexity index is 1350. The number of carbonyl (C=O) groups is 1. The lowest BCUT2D eigenvalue weighted by Gasteiger charge is -2.12. The summed E-state index contributed by atoms with van der Waals surface area (Å²) in [5, 5.41) is 12.4. The second-order valence-corrected chi connectivity index (χ2v) is 9.22. The first-order valence-electron chi connectivity index (χ1n) is 13.9. The van der Waals surface area contributed by atoms with E-state index in [1.165, 1.54) is 17.7 Å². The number of hydrogen-bond acceptors (Lipinski definition) is 9. The molecule has 10 nitrogen and oxygen atoms in total. The summed E-state index contributed by atoms with van der Waals surface area (Å²) in [6.07, 6.45) is 0.822. The maximum atomic E-state index is 13.2. The topological polar surface area (TPSA) is 122 Å². The molecule has 0 radical (unpaired) electrons. The molecule has 0 unspecified atom stereocenters. The van der Waals surface area contributed by atoms with Gasteiger partial charge in [-0.3, -0.25) is 4.79 Å². The monoisotopic (exact) mass is 573 g/mol. The van der Waals surface area contributed by atoms with E-state index in [-0.39, 0.29) is 11.7 Å². The van der Waals surface area contributed by atoms with Gasteiger partial charge in [-0.25, -0.2) is 4.39 Å². The summed E-state index contributed by atoms with van der Waals surface area (Å²) in [6.45, 7) is 3.66. The number of carbonyl (C=O) groups excluding carboxylic acids is 1. The van der Waals surface area contributed by atoms with Crippen molar-refractivity contribution in [2.75, 3.05) is 62.0 Å². The molecule has 0 aliphatic heterocycles. The Hall–Kier alpha value is -4.61. The van der Waals surface area contributed by atoms with Crippen molar-refractivity contribution >= 4 is 23.8 Å². The van der Waals surface area contributed by atoms with E-state index in [1.54, 1.807) is 24.3 Å². The summed E-state index contributed by atoms with van der Waals surface area (Å²) in [5.74, 6) is 0.842. The molecule has 220 valence electrons. The van der Waals surface area contributed by atoms with Crippen LogP contribution in [0.15, 0.2) is 84.9 Å². The van der Waals surface area contributed by atoms with Crippen molar-refractivity contribution in [3.63, 3.8) is 0 Å². The van der Waals surface area contributed by atoms with E-state index in [4.69, 9.17) is 9.47 Å². The van der Waals surface area contributed by atoms with E-state index in [9.17, 15) is 9.18 Å². The van der Waals surface area contributed by atoms with Gasteiger partial charge in [-0.2, -0.15) is 15.0 Å². The molecule has 0 spiro atoms. The van der Waals surface area contributed by atoms with Crippen LogP contribution in [0.2, 0.25) is 0 Å². The van der Waals surface area contributed by atoms with Crippen LogP contribution in [0.4, 0.5) is 22.2 Å². The second kappa shape index (κ2) is 17.3. The molecule has 3 aromatic carbocycles. The SMILES string of the molecule is O=C(NCCOCCOCCNc1nc(NCCc2ccccc2)nc(NCc2ccc(F)cc2)n1)c1ccccc1. The summed E-state index contributed by atoms with van der Waals surface area (Å²) in [7, 11) is 0. The van der Waals surface area contributed by atoms with E-state index in [2.05, 4.69) is 48.4 Å². The third kappa shape index (κ3) is 11.1. The number of aromatic nitrogens is 3. The molecule has 0 atom stereocenters. The lowest BCUT2D eigenvalue weighted by molar-refractivity contribution is 0.0519. The first-order valence-corrected chi connectivity index (χ1v) is 13.9. The van der Waals surface area contributed by atoms with Gasteiger partial charge in [0.15, 0.2) is 0 Å². The third-order valence-corrected chi connectivity index (χ3v) is 6.01. The first-order chi connectivity index (χ1) is 20.7. The van der Waals surface area contributed by atoms with Gasteiger partial charge in [-0.05, 0) is 41.8 Å². The van der Waals surface area contributed by atoms with Crippen LogP contribution in [0.3, 0.4) is 0 Å². The molecule has 4 rings (SSSR count). The standard InChI is InChI=1S/C31H36FN7O3/c32-27-13-11-25(12-14-27)23-36-31-38-29(34-16-15-24-7-3-1-4-8-24)37-30(39-31)35-18-20-42-22-21-41-19-17-33-28(40)26-9-5-2-6-10-26/h1-14H,15-23H2,(H,33,40)(H3,34,35,36,37,38,39). The molecule has 1 heterocycles. The molecular weight excluding hydrogens is 537 g/mol. The van der Waals surface area contributed by atoms with Crippen LogP contribution in [0.5, 0.6) is 0 Å². The molecule has 4 aromatic rings. The number of benzene rings is 3. The fourth-order valence-electron chi connectivity index (χ4n) is 3.85. The Morgan fingerprint density at radius 2 is 1.19 bits per heavy atom. The Morgan fingerprint density at radius 3 is 1.86 bits per heavy atom. The quantitative estimate of drug-likeness (QED) is 0.130. The summed E-state index contributed by atoms with van der Waals surface area (Å²) in [5.41, 5.74) is 2.74. The zero-order chi connectivity index (χ0) is 29.2. The van der Waals surface area contributed by atoms with Crippen molar-refractivity contribution in [3.05, 3.63) is 107 Å². The van der Waals surface area contributed by atoms with Gasteiger partial charge >= 0.3 is 0 Å². The van der Waals surface area contributed by atoms with Crippen molar-refractivity contribution < 1.29 is 18.7 Å². The molecule has 1 aromatic heterocycles. The zero-order valence-electron chi connectivity index (χ0n) is 23.4. The average molecular weight is 574 g/mol. The number of halogens is 1. The Balaban J connectivity index is 1.17. The number of ether oxygens (including phenoxy) is 2. The maximum absolute atomic E-state index is 13.2. The van der Waals surface area contributed by atoms with Gasteiger partial charge in [-0.1, -0.05) is 60.7 Å². The van der Waals surface area contributed by atoms with E-state index < -0.39 is 0 Å². The highest BCUT2D eigenvalue weighted by atomic mass is 19.1. The summed E-state index contributed by atoms with van der Waals surface area (Å²) < 4.78 is 24.4. The van der Waals surface area contributed by atoms with E-state index in [1.807, 2.05) is 36.4 Å². The molecule has 42 heavy (non-hydrogen) atoms. The minimum Gasteiger partial charge on any atom is -0.377 e. The molecule has 4 N–H and O–H groups in total. The third-order valence-electron chi connectivity index (χ3n) is 6.01. The summed E-state index contributed by atoms with van der Waals surface area (Å²) >= 11 is 0. The molecular formula is C31H36FN7O3. The number of nitrogens with zero attached hydrogens (tertiary/aromatic N) is 3. The van der Waals surface area contributed by atoms with Gasteiger partial charge in [0, 0.05) is 31.7 Å². The van der Waals surface area contributed by atoms with Crippen LogP contribution in [0.1, 0.15) is 21.5 Å². The minimum atomic E-state index is -0.281. The van der Waals surface area contributed by atoms with Crippen LogP contribution in [0, 0.1) is 5.82 Å². The molecule has 0 saturated heterocycles. The van der Waals surface area contributed by atoms with E-state index in [0.29, 0.717) is 76.0 Å². The van der Waals surface area contributed by atoms with Crippen molar-refractivity contribution in [2.24, 2.45) is 0 Å². The molecule has 0 bridgehead atoms. The Kier molecular flexibility index (Phi) is 12.5. The fourth-order valence-corrected chi connectivity index (χ4v) is 3.85. The number of amides is 1. The van der Waals surface area contributed by atoms with Gasteiger partial charge in [0.1, 0.15) is 5.82 Å². The molecule has 0 fully saturated rings. The molecule has 0 aliphatic carbocycles. The molecule has 11 heteroatoms. The average Bonchev–Trinajstić information content (AvgIpc) is 3.02. The largest absolute Gasteiger partial charge is 0.377 e. The highest BCUT2D eigenvalue weighted by Gasteiger charge is 2.07. The van der Waals surface area contributed by atoms with Crippen molar-refractivity contribution in [1.82, 2.24) is 20.3 Å². The predicted molar refractivity (Wildman–Crippen MR) is 161 cm³/mol. The summed E-state index contributed by atoms with van der Waals surface area (Å²) in [4.78, 5) is 25.4. The van der Waals surface area contributed by atoms with Gasteiger partial charge in [-0.15, -0.1) is 0 Å². The number of nitrogens with one attached hydrogen (secondary N) is 4. The van der Waals surface area contributed by atoms with Gasteiger partial charge in [0.25, 0.3) is 5.91 Å². The van der Waals surface area contributed by atoms with Crippen molar-refractivity contribution in [3.8, 4) is 0 Å². The van der Waals surface area contributed by atoms with E-state index >= 15 is 0 Å². The highest BCUT2D eigenvalue weighted by Crippen LogP contribution is 2.12. The second-order valence-electron chi connectivity index (χ2n) is 9.22. The maximum Gasteiger partial charge on any atom is 0.251 e. The predicted octanol–water partition coefficient (Wildman–Crippen LogP) is 4.15. The van der Waals surface area contributed by atoms with Gasteiger partial charge in [0.05, 0.1) is 26.4 Å². The Morgan fingerprint density at radius 1 is 0.619 bits per heavy atom. The smallest absolute Gasteiger partial charge is 0.251 e. The highest BCUT2D eigenvalue weighted by molar-refractivity contribution is 5.94. The molecule has 0 saturated carbocycles. The lowest BCUT2D eigenvalue weighted by atomic mass is 10.1. The first kappa shape index (κ1) is 30.4. The number of anilines is 3. The minimum absolute atomic E-state index is 0.122. The number of rotatable bonds is 18. The van der Waals surface area contributed by atoms with Crippen LogP contribution in [-0.4, -0.2) is 66.9 Å². The van der Waals surface area contributed by atoms with Crippen LogP contribution >= 0.6 is 0 Å². The molecule has 1 amide bonds. The van der Waals surface area contributed by atoms with Gasteiger partial charge < -0.3 is 30.7 Å². The van der Waals surface area contributed by atoms with Gasteiger partial charge in [0.2, 0.25) is 17.8 Å². The molecule has 0 aliphatic rings. The zero-order valence-corrected chi connectivity index (χ0v) is 23.4. The summed E-state index contributed by atoms with van der Waals surface area (Å²) in [6, 6.07) is 25.5. The van der Waals surface area contributed by atoms with Crippen LogP contribution < -0.4 is 21.3 Å². The fraction of sp³-hybridized carbons (Fsp3) is 0.290. The lowest BCUT2D eigenvalue weighted by Crippen LogP contribution is -2.27. The van der Waals surface area contributed by atoms with Crippen molar-refractivity contribution in [1.29, 1.82) is 0 Å². The normalized spacial score (nSPS) is 10.7. The van der Waals surface area contributed by atoms with Crippen LogP contribution in [0.25, 0.3) is 0 Å². The van der Waals surface area contributed by atoms with E-state index in [0.717, 1.165) is 12.0 Å². The van der Waals surface area contributed by atoms with Crippen LogP contribution in [-0.2, 0) is 22.4 Å².